The van der Waals surface area contributed by atoms with E-state index in [9.17, 15) is 14.4 Å². The first-order chi connectivity index (χ1) is 15.0. The summed E-state index contributed by atoms with van der Waals surface area (Å²) in [5.74, 6) is -0.458. The molecule has 0 radical (unpaired) electrons. The lowest BCUT2D eigenvalue weighted by Gasteiger charge is -2.41. The maximum atomic E-state index is 13.0. The Morgan fingerprint density at radius 3 is 2.29 bits per heavy atom. The number of rotatable bonds is 8. The SMILES string of the molecule is CNC(CCC(=O)N1CCN(c2ccccc2)C(C)C1)(C(=O)NC=O)c1ccccc1. The van der Waals surface area contributed by atoms with E-state index in [1.807, 2.05) is 53.4 Å². The van der Waals surface area contributed by atoms with Gasteiger partial charge in [-0.05, 0) is 38.1 Å². The van der Waals surface area contributed by atoms with Crippen molar-refractivity contribution < 1.29 is 14.4 Å². The Balaban J connectivity index is 1.69. The number of imide groups is 1. The molecule has 0 aromatic heterocycles. The summed E-state index contributed by atoms with van der Waals surface area (Å²) in [5.41, 5.74) is 0.716. The summed E-state index contributed by atoms with van der Waals surface area (Å²) in [6, 6.07) is 19.6. The van der Waals surface area contributed by atoms with Crippen molar-refractivity contribution in [2.75, 3.05) is 31.6 Å². The van der Waals surface area contributed by atoms with Gasteiger partial charge >= 0.3 is 0 Å². The van der Waals surface area contributed by atoms with Gasteiger partial charge in [0.15, 0.2) is 0 Å². The summed E-state index contributed by atoms with van der Waals surface area (Å²) in [6.45, 7) is 4.15. The standard InChI is InChI=1S/C24H30N4O3/c1-19-17-27(15-16-28(19)21-11-7-4-8-12-21)22(30)13-14-24(25-2,23(31)26-18-29)20-9-5-3-6-10-20/h3-12,18-19,25H,13-17H2,1-2H3,(H,26,29,31). The van der Waals surface area contributed by atoms with Crippen molar-refractivity contribution in [1.82, 2.24) is 15.5 Å². The van der Waals surface area contributed by atoms with Gasteiger partial charge in [0.1, 0.15) is 5.54 Å². The average molecular weight is 423 g/mol. The largest absolute Gasteiger partial charge is 0.365 e. The molecule has 2 aromatic rings. The number of carbonyl (C=O) groups is 3. The molecule has 1 fully saturated rings. The Hall–Kier alpha value is -3.19. The van der Waals surface area contributed by atoms with Gasteiger partial charge in [-0.2, -0.15) is 0 Å². The molecule has 2 aromatic carbocycles. The van der Waals surface area contributed by atoms with E-state index >= 15 is 0 Å². The van der Waals surface area contributed by atoms with Crippen LogP contribution in [-0.2, 0) is 19.9 Å². The molecule has 31 heavy (non-hydrogen) atoms. The molecule has 0 saturated carbocycles. The number of amides is 3. The maximum Gasteiger partial charge on any atom is 0.251 e. The third-order valence-electron chi connectivity index (χ3n) is 6.05. The molecule has 1 heterocycles. The molecule has 0 spiro atoms. The van der Waals surface area contributed by atoms with Crippen molar-refractivity contribution in [3.05, 3.63) is 66.2 Å². The van der Waals surface area contributed by atoms with E-state index in [4.69, 9.17) is 0 Å². The van der Waals surface area contributed by atoms with E-state index in [2.05, 4.69) is 34.6 Å². The summed E-state index contributed by atoms with van der Waals surface area (Å²) in [4.78, 5) is 41.0. The van der Waals surface area contributed by atoms with E-state index in [0.29, 0.717) is 25.1 Å². The van der Waals surface area contributed by atoms with Crippen molar-refractivity contribution in [2.45, 2.75) is 31.3 Å². The fraction of sp³-hybridized carbons (Fsp3) is 0.375. The van der Waals surface area contributed by atoms with Crippen LogP contribution < -0.4 is 15.5 Å². The second kappa shape index (κ2) is 10.2. The lowest BCUT2D eigenvalue weighted by molar-refractivity contribution is -0.134. The topological polar surface area (TPSA) is 81.8 Å². The minimum Gasteiger partial charge on any atom is -0.365 e. The number of carbonyl (C=O) groups excluding carboxylic acids is 3. The Morgan fingerprint density at radius 1 is 1.06 bits per heavy atom. The molecule has 3 amide bonds. The molecule has 1 aliphatic rings. The van der Waals surface area contributed by atoms with Crippen LogP contribution in [0.15, 0.2) is 60.7 Å². The summed E-state index contributed by atoms with van der Waals surface area (Å²) >= 11 is 0. The van der Waals surface area contributed by atoms with Gasteiger partial charge < -0.3 is 15.1 Å². The predicted octanol–water partition coefficient (Wildman–Crippen LogP) is 1.89. The third kappa shape index (κ3) is 4.94. The van der Waals surface area contributed by atoms with Gasteiger partial charge in [-0.1, -0.05) is 48.5 Å². The van der Waals surface area contributed by atoms with Crippen molar-refractivity contribution in [3.8, 4) is 0 Å². The van der Waals surface area contributed by atoms with Gasteiger partial charge in [0.05, 0.1) is 0 Å². The molecule has 2 unspecified atom stereocenters. The molecule has 3 rings (SSSR count). The van der Waals surface area contributed by atoms with E-state index in [-0.39, 0.29) is 24.8 Å². The maximum absolute atomic E-state index is 13.0. The van der Waals surface area contributed by atoms with Crippen molar-refractivity contribution in [1.29, 1.82) is 0 Å². The molecule has 7 heteroatoms. The fourth-order valence-electron chi connectivity index (χ4n) is 4.31. The quantitative estimate of drug-likeness (QED) is 0.635. The predicted molar refractivity (Wildman–Crippen MR) is 120 cm³/mol. The summed E-state index contributed by atoms with van der Waals surface area (Å²) in [7, 11) is 1.67. The average Bonchev–Trinajstić information content (AvgIpc) is 2.81. The zero-order chi connectivity index (χ0) is 22.3. The number of hydrogen-bond donors (Lipinski definition) is 2. The Bertz CT molecular complexity index is 890. The number of anilines is 1. The van der Waals surface area contributed by atoms with E-state index in [0.717, 1.165) is 12.2 Å². The number of hydrogen-bond acceptors (Lipinski definition) is 5. The molecule has 2 N–H and O–H groups in total. The Morgan fingerprint density at radius 2 is 1.71 bits per heavy atom. The van der Waals surface area contributed by atoms with Gasteiger partial charge in [-0.15, -0.1) is 0 Å². The Kier molecular flexibility index (Phi) is 7.41. The number of piperazine rings is 1. The van der Waals surface area contributed by atoms with Crippen molar-refractivity contribution in [2.24, 2.45) is 0 Å². The van der Waals surface area contributed by atoms with Gasteiger partial charge in [0, 0.05) is 37.8 Å². The van der Waals surface area contributed by atoms with Crippen LogP contribution in [0.5, 0.6) is 0 Å². The van der Waals surface area contributed by atoms with Crippen molar-refractivity contribution >= 4 is 23.9 Å². The van der Waals surface area contributed by atoms with Crippen LogP contribution in [0, 0.1) is 0 Å². The zero-order valence-corrected chi connectivity index (χ0v) is 18.1. The van der Waals surface area contributed by atoms with Crippen LogP contribution >= 0.6 is 0 Å². The van der Waals surface area contributed by atoms with E-state index < -0.39 is 11.4 Å². The number of benzene rings is 2. The molecule has 1 aliphatic heterocycles. The fourth-order valence-corrected chi connectivity index (χ4v) is 4.31. The second-order valence-corrected chi connectivity index (χ2v) is 7.83. The summed E-state index contributed by atoms with van der Waals surface area (Å²) < 4.78 is 0. The van der Waals surface area contributed by atoms with Crippen LogP contribution in [0.1, 0.15) is 25.3 Å². The minimum atomic E-state index is -1.16. The highest BCUT2D eigenvalue weighted by Gasteiger charge is 2.39. The highest BCUT2D eigenvalue weighted by Crippen LogP contribution is 2.28. The highest BCUT2D eigenvalue weighted by molar-refractivity contribution is 5.94. The minimum absolute atomic E-state index is 0.00835. The molecule has 7 nitrogen and oxygen atoms in total. The third-order valence-corrected chi connectivity index (χ3v) is 6.05. The van der Waals surface area contributed by atoms with Crippen LogP contribution in [0.2, 0.25) is 0 Å². The second-order valence-electron chi connectivity index (χ2n) is 7.83. The summed E-state index contributed by atoms with van der Waals surface area (Å²) in [6.07, 6.45) is 0.822. The number of nitrogens with zero attached hydrogens (tertiary/aromatic N) is 2. The monoisotopic (exact) mass is 422 g/mol. The van der Waals surface area contributed by atoms with E-state index in [1.54, 1.807) is 7.05 Å². The van der Waals surface area contributed by atoms with Gasteiger partial charge in [-0.3, -0.25) is 19.7 Å². The zero-order valence-electron chi connectivity index (χ0n) is 18.1. The molecule has 164 valence electrons. The van der Waals surface area contributed by atoms with Gasteiger partial charge in [0.2, 0.25) is 12.3 Å². The van der Waals surface area contributed by atoms with Crippen molar-refractivity contribution in [3.63, 3.8) is 0 Å². The van der Waals surface area contributed by atoms with Gasteiger partial charge in [-0.25, -0.2) is 0 Å². The van der Waals surface area contributed by atoms with Crippen LogP contribution in [-0.4, -0.2) is 55.8 Å². The van der Waals surface area contributed by atoms with Crippen LogP contribution in [0.3, 0.4) is 0 Å². The lowest BCUT2D eigenvalue weighted by Crippen LogP contribution is -2.55. The molecular weight excluding hydrogens is 392 g/mol. The van der Waals surface area contributed by atoms with Crippen LogP contribution in [0.25, 0.3) is 0 Å². The molecular formula is C24H30N4O3. The molecule has 1 saturated heterocycles. The Labute approximate surface area is 183 Å². The molecule has 2 atom stereocenters. The lowest BCUT2D eigenvalue weighted by atomic mass is 9.84. The van der Waals surface area contributed by atoms with E-state index in [1.165, 1.54) is 0 Å². The number of nitrogens with one attached hydrogen (secondary N) is 2. The first-order valence-electron chi connectivity index (χ1n) is 10.6. The first kappa shape index (κ1) is 22.5. The smallest absolute Gasteiger partial charge is 0.251 e. The highest BCUT2D eigenvalue weighted by atomic mass is 16.2. The molecule has 0 aliphatic carbocycles. The first-order valence-corrected chi connectivity index (χ1v) is 10.6. The summed E-state index contributed by atoms with van der Waals surface area (Å²) in [5, 5.41) is 5.32. The number of likely N-dealkylation sites (N-methyl/N-ethyl adjacent to an activating group) is 1. The normalized spacial score (nSPS) is 18.2. The number of para-hydroxylation sites is 1. The molecule has 0 bridgehead atoms. The van der Waals surface area contributed by atoms with Crippen LogP contribution in [0.4, 0.5) is 5.69 Å². The van der Waals surface area contributed by atoms with Gasteiger partial charge in [0.25, 0.3) is 5.91 Å².